The van der Waals surface area contributed by atoms with Gasteiger partial charge in [-0.1, -0.05) is 30.3 Å². The maximum atomic E-state index is 12.1. The standard InChI is InChI=1S/C20H21N5O6/c1-13(10-19(26)21-14(2)15-6-4-3-5-7-15)22-23-20(27)11-16-8-9-17(24(28)29)12-18(16)25(30)31/h3-9,12,14H,10-11H2,1-2H3,(H,21,26)(H,23,27)/b22-13-/t14-/m1/s1. The van der Waals surface area contributed by atoms with Crippen molar-refractivity contribution in [1.82, 2.24) is 10.7 Å². The number of hydrogen-bond acceptors (Lipinski definition) is 7. The Morgan fingerprint density at radius 2 is 1.71 bits per heavy atom. The molecule has 0 unspecified atom stereocenters. The van der Waals surface area contributed by atoms with Gasteiger partial charge in [-0.15, -0.1) is 0 Å². The van der Waals surface area contributed by atoms with Crippen molar-refractivity contribution in [3.05, 3.63) is 79.9 Å². The average Bonchev–Trinajstić information content (AvgIpc) is 2.72. The van der Waals surface area contributed by atoms with Gasteiger partial charge >= 0.3 is 0 Å². The number of hydrazone groups is 1. The summed E-state index contributed by atoms with van der Waals surface area (Å²) in [6.07, 6.45) is -0.447. The number of rotatable bonds is 9. The van der Waals surface area contributed by atoms with Gasteiger partial charge in [0.15, 0.2) is 0 Å². The van der Waals surface area contributed by atoms with Crippen molar-refractivity contribution in [1.29, 1.82) is 0 Å². The first kappa shape index (κ1) is 23.1. The predicted octanol–water partition coefficient (Wildman–Crippen LogP) is 2.81. The van der Waals surface area contributed by atoms with Crippen LogP contribution in [-0.2, 0) is 16.0 Å². The van der Waals surface area contributed by atoms with Crippen LogP contribution in [0.1, 0.15) is 37.4 Å². The van der Waals surface area contributed by atoms with E-state index in [0.29, 0.717) is 5.71 Å². The number of benzene rings is 2. The molecule has 162 valence electrons. The quantitative estimate of drug-likeness (QED) is 0.356. The highest BCUT2D eigenvalue weighted by Crippen LogP contribution is 2.25. The molecular weight excluding hydrogens is 406 g/mol. The van der Waals surface area contributed by atoms with E-state index in [2.05, 4.69) is 15.8 Å². The normalized spacial score (nSPS) is 12.0. The second-order valence-corrected chi connectivity index (χ2v) is 6.76. The van der Waals surface area contributed by atoms with E-state index in [0.717, 1.165) is 23.8 Å². The van der Waals surface area contributed by atoms with E-state index in [1.807, 2.05) is 37.3 Å². The Balaban J connectivity index is 1.93. The maximum absolute atomic E-state index is 12.1. The zero-order chi connectivity index (χ0) is 23.0. The third-order valence-electron chi connectivity index (χ3n) is 4.29. The van der Waals surface area contributed by atoms with E-state index in [1.165, 1.54) is 0 Å². The van der Waals surface area contributed by atoms with Gasteiger partial charge in [0.05, 0.1) is 34.8 Å². The molecule has 0 spiro atoms. The minimum absolute atomic E-state index is 0.00961. The van der Waals surface area contributed by atoms with Crippen molar-refractivity contribution in [3.8, 4) is 0 Å². The molecule has 0 aromatic heterocycles. The lowest BCUT2D eigenvalue weighted by Gasteiger charge is -2.14. The monoisotopic (exact) mass is 427 g/mol. The highest BCUT2D eigenvalue weighted by Gasteiger charge is 2.21. The van der Waals surface area contributed by atoms with Crippen LogP contribution in [0.25, 0.3) is 0 Å². The van der Waals surface area contributed by atoms with E-state index >= 15 is 0 Å². The van der Waals surface area contributed by atoms with E-state index in [-0.39, 0.29) is 23.9 Å². The molecule has 11 heteroatoms. The first-order valence-corrected chi connectivity index (χ1v) is 9.25. The first-order valence-electron chi connectivity index (χ1n) is 9.25. The molecule has 0 saturated carbocycles. The fourth-order valence-corrected chi connectivity index (χ4v) is 2.74. The zero-order valence-electron chi connectivity index (χ0n) is 16.9. The van der Waals surface area contributed by atoms with Crippen LogP contribution in [0, 0.1) is 20.2 Å². The summed E-state index contributed by atoms with van der Waals surface area (Å²) in [6.45, 7) is 3.40. The molecule has 2 amide bonds. The molecule has 0 radical (unpaired) electrons. The van der Waals surface area contributed by atoms with Crippen LogP contribution in [0.3, 0.4) is 0 Å². The second kappa shape index (κ2) is 10.6. The fourth-order valence-electron chi connectivity index (χ4n) is 2.74. The Hall–Kier alpha value is -4.15. The molecule has 2 N–H and O–H groups in total. The number of nitro benzene ring substituents is 2. The van der Waals surface area contributed by atoms with Crippen molar-refractivity contribution in [2.24, 2.45) is 5.10 Å². The Morgan fingerprint density at radius 1 is 1.03 bits per heavy atom. The summed E-state index contributed by atoms with van der Waals surface area (Å²) in [5.41, 5.74) is 2.56. The van der Waals surface area contributed by atoms with E-state index < -0.39 is 33.5 Å². The Bertz CT molecular complexity index is 1020. The summed E-state index contributed by atoms with van der Waals surface area (Å²) < 4.78 is 0. The third-order valence-corrected chi connectivity index (χ3v) is 4.29. The second-order valence-electron chi connectivity index (χ2n) is 6.76. The average molecular weight is 427 g/mol. The zero-order valence-corrected chi connectivity index (χ0v) is 16.9. The van der Waals surface area contributed by atoms with Crippen molar-refractivity contribution in [2.75, 3.05) is 0 Å². The Labute approximate surface area is 177 Å². The molecule has 0 aliphatic carbocycles. The summed E-state index contributed by atoms with van der Waals surface area (Å²) >= 11 is 0. The minimum atomic E-state index is -0.789. The van der Waals surface area contributed by atoms with Crippen LogP contribution in [-0.4, -0.2) is 27.4 Å². The first-order chi connectivity index (χ1) is 14.7. The molecule has 31 heavy (non-hydrogen) atoms. The molecule has 0 fully saturated rings. The molecule has 0 heterocycles. The number of carbonyl (C=O) groups excluding carboxylic acids is 2. The minimum Gasteiger partial charge on any atom is -0.349 e. The fraction of sp³-hybridized carbons (Fsp3) is 0.250. The van der Waals surface area contributed by atoms with Gasteiger partial charge in [-0.05, 0) is 25.5 Å². The SMILES string of the molecule is C/C(CC(=O)N[C@H](C)c1ccccc1)=N/NC(=O)Cc1ccc([N+](=O)[O-])cc1[N+](=O)[O-]. The molecule has 0 aliphatic heterocycles. The molecule has 11 nitrogen and oxygen atoms in total. The van der Waals surface area contributed by atoms with Crippen LogP contribution >= 0.6 is 0 Å². The summed E-state index contributed by atoms with van der Waals surface area (Å²) in [7, 11) is 0. The number of nitro groups is 2. The van der Waals surface area contributed by atoms with Gasteiger partial charge in [-0.25, -0.2) is 5.43 Å². The molecule has 2 aromatic rings. The van der Waals surface area contributed by atoms with Crippen LogP contribution in [0.5, 0.6) is 0 Å². The van der Waals surface area contributed by atoms with Gasteiger partial charge in [0.2, 0.25) is 11.8 Å². The lowest BCUT2D eigenvalue weighted by molar-refractivity contribution is -0.394. The number of non-ortho nitro benzene ring substituents is 1. The van der Waals surface area contributed by atoms with E-state index in [4.69, 9.17) is 0 Å². The van der Waals surface area contributed by atoms with Crippen molar-refractivity contribution >= 4 is 28.9 Å². The summed E-state index contributed by atoms with van der Waals surface area (Å²) in [5, 5.41) is 28.6. The maximum Gasteiger partial charge on any atom is 0.279 e. The molecular formula is C20H21N5O6. The van der Waals surface area contributed by atoms with Gasteiger partial charge in [-0.3, -0.25) is 29.8 Å². The number of nitrogens with one attached hydrogen (secondary N) is 2. The molecule has 2 rings (SSSR count). The molecule has 2 aromatic carbocycles. The van der Waals surface area contributed by atoms with Crippen molar-refractivity contribution < 1.29 is 19.4 Å². The van der Waals surface area contributed by atoms with Crippen molar-refractivity contribution in [2.45, 2.75) is 32.7 Å². The molecule has 0 bridgehead atoms. The van der Waals surface area contributed by atoms with Gasteiger partial charge in [0.1, 0.15) is 0 Å². The lowest BCUT2D eigenvalue weighted by atomic mass is 10.1. The summed E-state index contributed by atoms with van der Waals surface area (Å²) in [4.78, 5) is 44.6. The topological polar surface area (TPSA) is 157 Å². The molecule has 0 aliphatic rings. The van der Waals surface area contributed by atoms with Gasteiger partial charge in [-0.2, -0.15) is 5.10 Å². The third kappa shape index (κ3) is 6.99. The Kier molecular flexibility index (Phi) is 7.89. The smallest absolute Gasteiger partial charge is 0.279 e. The lowest BCUT2D eigenvalue weighted by Crippen LogP contribution is -2.29. The van der Waals surface area contributed by atoms with Crippen LogP contribution in [0.2, 0.25) is 0 Å². The molecule has 1 atom stereocenters. The number of carbonyl (C=O) groups is 2. The number of nitrogens with zero attached hydrogens (tertiary/aromatic N) is 3. The highest BCUT2D eigenvalue weighted by atomic mass is 16.6. The van der Waals surface area contributed by atoms with Gasteiger partial charge in [0, 0.05) is 17.3 Å². The Morgan fingerprint density at radius 3 is 2.32 bits per heavy atom. The van der Waals surface area contributed by atoms with Crippen LogP contribution in [0.4, 0.5) is 11.4 Å². The van der Waals surface area contributed by atoms with E-state index in [1.54, 1.807) is 6.92 Å². The largest absolute Gasteiger partial charge is 0.349 e. The van der Waals surface area contributed by atoms with Crippen LogP contribution in [0.15, 0.2) is 53.6 Å². The summed E-state index contributed by atoms with van der Waals surface area (Å²) in [6, 6.07) is 12.3. The highest BCUT2D eigenvalue weighted by molar-refractivity contribution is 6.00. The van der Waals surface area contributed by atoms with Gasteiger partial charge < -0.3 is 5.32 Å². The number of amides is 2. The number of hydrogen-bond donors (Lipinski definition) is 2. The van der Waals surface area contributed by atoms with Crippen molar-refractivity contribution in [3.63, 3.8) is 0 Å². The van der Waals surface area contributed by atoms with E-state index in [9.17, 15) is 29.8 Å². The summed E-state index contributed by atoms with van der Waals surface area (Å²) in [5.74, 6) is -0.938. The predicted molar refractivity (Wildman–Crippen MR) is 112 cm³/mol. The molecule has 0 saturated heterocycles. The van der Waals surface area contributed by atoms with Gasteiger partial charge in [0.25, 0.3) is 11.4 Å². The van der Waals surface area contributed by atoms with Crippen LogP contribution < -0.4 is 10.7 Å².